The zero-order chi connectivity index (χ0) is 19.3. The molecule has 0 radical (unpaired) electrons. The zero-order valence-electron chi connectivity index (χ0n) is 16.5. The molecule has 0 fully saturated rings. The second kappa shape index (κ2) is 8.94. The normalized spacial score (nSPS) is 11.3. The van der Waals surface area contributed by atoms with Crippen LogP contribution < -0.4 is 5.32 Å². The van der Waals surface area contributed by atoms with E-state index in [1.165, 1.54) is 22.5 Å². The molecule has 1 aromatic heterocycles. The number of carbonyl (C=O) groups is 1. The number of nitrogens with one attached hydrogen (secondary N) is 1. The van der Waals surface area contributed by atoms with Crippen LogP contribution in [-0.2, 0) is 6.42 Å². The van der Waals surface area contributed by atoms with Gasteiger partial charge in [0, 0.05) is 31.4 Å². The van der Waals surface area contributed by atoms with E-state index in [-0.39, 0.29) is 11.9 Å². The fourth-order valence-electron chi connectivity index (χ4n) is 2.43. The van der Waals surface area contributed by atoms with Crippen molar-refractivity contribution in [1.29, 1.82) is 0 Å². The molecule has 0 bridgehead atoms. The molecule has 0 spiro atoms. The second-order valence-electron chi connectivity index (χ2n) is 6.81. The number of carbonyl (C=O) groups excluding carboxylic acids is 1. The van der Waals surface area contributed by atoms with Crippen LogP contribution in [0.1, 0.15) is 53.0 Å². The fourth-order valence-corrected chi connectivity index (χ4v) is 3.23. The van der Waals surface area contributed by atoms with Crippen LogP contribution in [0.4, 0.5) is 5.69 Å². The van der Waals surface area contributed by atoms with E-state index in [0.717, 1.165) is 29.2 Å². The first-order chi connectivity index (χ1) is 12.3. The largest absolute Gasteiger partial charge is 0.366 e. The number of nitrogens with zero attached hydrogens (tertiary/aromatic N) is 3. The Hall–Kier alpha value is -2.21. The molecule has 0 aliphatic carbocycles. The summed E-state index contributed by atoms with van der Waals surface area (Å²) in [6.07, 6.45) is 2.59. The van der Waals surface area contributed by atoms with E-state index in [2.05, 4.69) is 48.2 Å². The summed E-state index contributed by atoms with van der Waals surface area (Å²) in [4.78, 5) is 23.2. The van der Waals surface area contributed by atoms with Crippen LogP contribution in [0.15, 0.2) is 22.5 Å². The molecule has 1 aromatic carbocycles. The summed E-state index contributed by atoms with van der Waals surface area (Å²) < 4.78 is 0. The lowest BCUT2D eigenvalue weighted by atomic mass is 10.0. The van der Waals surface area contributed by atoms with Gasteiger partial charge in [-0.3, -0.25) is 4.79 Å². The molecule has 0 aliphatic rings. The molecule has 0 aliphatic heterocycles. The molecule has 1 heterocycles. The quantitative estimate of drug-likeness (QED) is 0.588. The van der Waals surface area contributed by atoms with Gasteiger partial charge in [-0.2, -0.15) is 0 Å². The van der Waals surface area contributed by atoms with Crippen molar-refractivity contribution < 1.29 is 4.79 Å². The first-order valence-corrected chi connectivity index (χ1v) is 9.78. The molecule has 0 saturated carbocycles. The molecule has 0 unspecified atom stereocenters. The summed E-state index contributed by atoms with van der Waals surface area (Å²) in [6, 6.07) is 4.39. The topological polar surface area (TPSA) is 57.6 Å². The van der Waals surface area contributed by atoms with Crippen molar-refractivity contribution in [3.05, 3.63) is 44.9 Å². The lowest BCUT2D eigenvalue weighted by molar-refractivity contribution is 0.0938. The second-order valence-corrected chi connectivity index (χ2v) is 7.76. The van der Waals surface area contributed by atoms with Gasteiger partial charge in [-0.15, -0.1) is 11.3 Å². The zero-order valence-corrected chi connectivity index (χ0v) is 17.3. The first kappa shape index (κ1) is 20.1. The van der Waals surface area contributed by atoms with Crippen molar-refractivity contribution in [2.75, 3.05) is 13.6 Å². The van der Waals surface area contributed by atoms with E-state index in [9.17, 15) is 4.79 Å². The van der Waals surface area contributed by atoms with Crippen LogP contribution in [0.2, 0.25) is 0 Å². The van der Waals surface area contributed by atoms with Crippen molar-refractivity contribution in [2.24, 2.45) is 4.99 Å². The Morgan fingerprint density at radius 2 is 2.08 bits per heavy atom. The van der Waals surface area contributed by atoms with Gasteiger partial charge in [-0.1, -0.05) is 6.07 Å². The van der Waals surface area contributed by atoms with E-state index in [4.69, 9.17) is 0 Å². The van der Waals surface area contributed by atoms with Gasteiger partial charge in [0.1, 0.15) is 5.69 Å². The van der Waals surface area contributed by atoms with E-state index in [0.29, 0.717) is 5.69 Å². The molecule has 1 amide bonds. The lowest BCUT2D eigenvalue weighted by Gasteiger charge is -2.11. The Labute approximate surface area is 160 Å². The Balaban J connectivity index is 2.15. The van der Waals surface area contributed by atoms with Crippen molar-refractivity contribution in [3.8, 4) is 0 Å². The number of thiazole rings is 1. The fraction of sp³-hybridized carbons (Fsp3) is 0.450. The van der Waals surface area contributed by atoms with Gasteiger partial charge in [0.25, 0.3) is 5.91 Å². The highest BCUT2D eigenvalue weighted by atomic mass is 32.1. The van der Waals surface area contributed by atoms with E-state index in [1.54, 1.807) is 0 Å². The molecule has 26 heavy (non-hydrogen) atoms. The van der Waals surface area contributed by atoms with Crippen LogP contribution in [0.5, 0.6) is 0 Å². The SMILES string of the molecule is CCN(C)/C=N/c1cc(C)c(Cc2nc(C(=O)NC(C)C)cs2)cc1C. The van der Waals surface area contributed by atoms with Gasteiger partial charge < -0.3 is 10.2 Å². The maximum absolute atomic E-state index is 12.1. The highest BCUT2D eigenvalue weighted by molar-refractivity contribution is 7.09. The molecule has 2 aromatic rings. The first-order valence-electron chi connectivity index (χ1n) is 8.90. The molecule has 5 nitrogen and oxygen atoms in total. The minimum Gasteiger partial charge on any atom is -0.366 e. The number of aliphatic imine (C=N–C) groups is 1. The predicted octanol–water partition coefficient (Wildman–Crippen LogP) is 4.10. The van der Waals surface area contributed by atoms with E-state index >= 15 is 0 Å². The van der Waals surface area contributed by atoms with E-state index < -0.39 is 0 Å². The van der Waals surface area contributed by atoms with Gasteiger partial charge >= 0.3 is 0 Å². The lowest BCUT2D eigenvalue weighted by Crippen LogP contribution is -2.30. The maximum Gasteiger partial charge on any atom is 0.270 e. The molecule has 0 saturated heterocycles. The smallest absolute Gasteiger partial charge is 0.270 e. The summed E-state index contributed by atoms with van der Waals surface area (Å²) >= 11 is 1.53. The Morgan fingerprint density at radius 3 is 2.73 bits per heavy atom. The summed E-state index contributed by atoms with van der Waals surface area (Å²) in [7, 11) is 2.01. The van der Waals surface area contributed by atoms with Crippen molar-refractivity contribution >= 4 is 29.3 Å². The summed E-state index contributed by atoms with van der Waals surface area (Å²) in [6.45, 7) is 11.1. The van der Waals surface area contributed by atoms with Crippen LogP contribution in [0.25, 0.3) is 0 Å². The average molecular weight is 373 g/mol. The Bertz CT molecular complexity index is 795. The number of hydrogen-bond donors (Lipinski definition) is 1. The number of rotatable bonds is 7. The van der Waals surface area contributed by atoms with Crippen molar-refractivity contribution in [2.45, 2.75) is 47.1 Å². The number of aryl methyl sites for hydroxylation is 2. The highest BCUT2D eigenvalue weighted by Crippen LogP contribution is 2.25. The van der Waals surface area contributed by atoms with Crippen LogP contribution in [-0.4, -0.2) is 41.8 Å². The molecule has 2 rings (SSSR count). The number of hydrogen-bond acceptors (Lipinski definition) is 4. The van der Waals surface area contributed by atoms with Crippen LogP contribution >= 0.6 is 11.3 Å². The van der Waals surface area contributed by atoms with E-state index in [1.807, 2.05) is 37.5 Å². The minimum absolute atomic E-state index is 0.109. The van der Waals surface area contributed by atoms with Crippen LogP contribution in [0.3, 0.4) is 0 Å². The number of amides is 1. The molecule has 140 valence electrons. The minimum atomic E-state index is -0.111. The summed E-state index contributed by atoms with van der Waals surface area (Å²) in [5.74, 6) is -0.111. The molecule has 0 atom stereocenters. The van der Waals surface area contributed by atoms with Gasteiger partial charge in [0.05, 0.1) is 17.0 Å². The third-order valence-electron chi connectivity index (χ3n) is 4.09. The third-order valence-corrected chi connectivity index (χ3v) is 4.94. The molecular weight excluding hydrogens is 344 g/mol. The maximum atomic E-state index is 12.1. The summed E-state index contributed by atoms with van der Waals surface area (Å²) in [5, 5.41) is 5.65. The average Bonchev–Trinajstić information content (AvgIpc) is 3.04. The van der Waals surface area contributed by atoms with Gasteiger partial charge in [0.2, 0.25) is 0 Å². The van der Waals surface area contributed by atoms with Crippen LogP contribution in [0, 0.1) is 13.8 Å². The molecular formula is C20H28N4OS. The standard InChI is InChI=1S/C20H28N4OS/c1-7-24(6)12-21-17-9-14(4)16(8-15(17)5)10-19-23-18(11-26-19)20(25)22-13(2)3/h8-9,11-13H,7,10H2,1-6H3,(H,22,25)/b21-12+. The number of benzene rings is 1. The van der Waals surface area contributed by atoms with Gasteiger partial charge in [-0.25, -0.2) is 9.98 Å². The molecule has 1 N–H and O–H groups in total. The predicted molar refractivity (Wildman–Crippen MR) is 110 cm³/mol. The monoisotopic (exact) mass is 372 g/mol. The Kier molecular flexibility index (Phi) is 6.91. The van der Waals surface area contributed by atoms with Crippen molar-refractivity contribution in [3.63, 3.8) is 0 Å². The highest BCUT2D eigenvalue weighted by Gasteiger charge is 2.13. The summed E-state index contributed by atoms with van der Waals surface area (Å²) in [5.41, 5.74) is 5.03. The van der Waals surface area contributed by atoms with Gasteiger partial charge in [0.15, 0.2) is 0 Å². The molecule has 6 heteroatoms. The van der Waals surface area contributed by atoms with Gasteiger partial charge in [-0.05, 0) is 57.4 Å². The van der Waals surface area contributed by atoms with Crippen molar-refractivity contribution in [1.82, 2.24) is 15.2 Å². The Morgan fingerprint density at radius 1 is 1.35 bits per heavy atom. The number of aromatic nitrogens is 1. The third kappa shape index (κ3) is 5.39.